The van der Waals surface area contributed by atoms with Crippen molar-refractivity contribution in [2.45, 2.75) is 13.5 Å². The van der Waals surface area contributed by atoms with E-state index in [4.69, 9.17) is 9.52 Å². The van der Waals surface area contributed by atoms with Crippen LogP contribution in [0.25, 0.3) is 0 Å². The van der Waals surface area contributed by atoms with Gasteiger partial charge in [0.25, 0.3) is 5.91 Å². The second-order valence-corrected chi connectivity index (χ2v) is 3.94. The molecule has 0 atom stereocenters. The van der Waals surface area contributed by atoms with Crippen molar-refractivity contribution in [1.29, 1.82) is 0 Å². The molecule has 98 valence electrons. The Bertz CT molecular complexity index is 601. The van der Waals surface area contributed by atoms with E-state index in [-0.39, 0.29) is 17.2 Å². The van der Waals surface area contributed by atoms with Gasteiger partial charge in [-0.1, -0.05) is 12.1 Å². The number of benzene rings is 1. The highest BCUT2D eigenvalue weighted by atomic mass is 16.4. The fourth-order valence-corrected chi connectivity index (χ4v) is 1.55. The maximum atomic E-state index is 11.7. The number of nitrogens with zero attached hydrogens (tertiary/aromatic N) is 1. The predicted octanol–water partition coefficient (Wildman–Crippen LogP) is 1.61. The molecule has 0 aliphatic heterocycles. The zero-order valence-corrected chi connectivity index (χ0v) is 10.2. The molecule has 0 saturated carbocycles. The summed E-state index contributed by atoms with van der Waals surface area (Å²) in [5, 5.41) is 11.4. The summed E-state index contributed by atoms with van der Waals surface area (Å²) < 4.78 is 4.94. The molecule has 19 heavy (non-hydrogen) atoms. The molecule has 2 N–H and O–H groups in total. The van der Waals surface area contributed by atoms with Gasteiger partial charge in [0, 0.05) is 6.54 Å². The predicted molar refractivity (Wildman–Crippen MR) is 65.8 cm³/mol. The number of carbonyl (C=O) groups is 2. The number of carboxylic acid groups (broad SMARTS) is 1. The summed E-state index contributed by atoms with van der Waals surface area (Å²) in [6.07, 6.45) is 1.21. The molecule has 0 fully saturated rings. The van der Waals surface area contributed by atoms with Gasteiger partial charge in [0.2, 0.25) is 0 Å². The van der Waals surface area contributed by atoms with Crippen LogP contribution in [0.5, 0.6) is 0 Å². The number of carboxylic acids is 1. The fourth-order valence-electron chi connectivity index (χ4n) is 1.55. The van der Waals surface area contributed by atoms with Crippen molar-refractivity contribution in [3.8, 4) is 0 Å². The van der Waals surface area contributed by atoms with Crippen LogP contribution in [0.1, 0.15) is 32.2 Å². The summed E-state index contributed by atoms with van der Waals surface area (Å²) in [6, 6.07) is 6.29. The van der Waals surface area contributed by atoms with Crippen LogP contribution in [-0.4, -0.2) is 22.0 Å². The van der Waals surface area contributed by atoms with Crippen molar-refractivity contribution in [2.24, 2.45) is 0 Å². The van der Waals surface area contributed by atoms with Gasteiger partial charge < -0.3 is 14.8 Å². The highest BCUT2D eigenvalue weighted by Crippen LogP contribution is 2.06. The standard InChI is InChI=1S/C13H12N2O4/c1-8-11(15-7-19-8)12(16)14-6-9-2-4-10(5-3-9)13(17)18/h2-5,7H,6H2,1H3,(H,14,16)(H,17,18). The first-order valence-corrected chi connectivity index (χ1v) is 5.58. The van der Waals surface area contributed by atoms with Crippen LogP contribution < -0.4 is 5.32 Å². The van der Waals surface area contributed by atoms with Crippen molar-refractivity contribution >= 4 is 11.9 Å². The molecule has 0 aliphatic rings. The Hall–Kier alpha value is -2.63. The number of oxazole rings is 1. The quantitative estimate of drug-likeness (QED) is 0.871. The van der Waals surface area contributed by atoms with Gasteiger partial charge in [-0.15, -0.1) is 0 Å². The van der Waals surface area contributed by atoms with Gasteiger partial charge in [-0.3, -0.25) is 4.79 Å². The summed E-state index contributed by atoms with van der Waals surface area (Å²) in [7, 11) is 0. The normalized spacial score (nSPS) is 10.2. The molecule has 0 aliphatic carbocycles. The van der Waals surface area contributed by atoms with E-state index in [9.17, 15) is 9.59 Å². The van der Waals surface area contributed by atoms with Crippen LogP contribution in [0.4, 0.5) is 0 Å². The topological polar surface area (TPSA) is 92.4 Å². The summed E-state index contributed by atoms with van der Waals surface area (Å²) >= 11 is 0. The summed E-state index contributed by atoms with van der Waals surface area (Å²) in [5.74, 6) is -0.846. The number of hydrogen-bond acceptors (Lipinski definition) is 4. The molecule has 1 aromatic heterocycles. The number of rotatable bonds is 4. The SMILES string of the molecule is Cc1ocnc1C(=O)NCc1ccc(C(=O)O)cc1. The van der Waals surface area contributed by atoms with E-state index >= 15 is 0 Å². The monoisotopic (exact) mass is 260 g/mol. The lowest BCUT2D eigenvalue weighted by molar-refractivity contribution is 0.0696. The number of aromatic nitrogens is 1. The number of aryl methyl sites for hydroxylation is 1. The second kappa shape index (κ2) is 5.34. The number of carbonyl (C=O) groups excluding carboxylic acids is 1. The van der Waals surface area contributed by atoms with Crippen molar-refractivity contribution in [3.05, 3.63) is 53.2 Å². The summed E-state index contributed by atoms with van der Waals surface area (Å²) in [5.41, 5.74) is 1.27. The first kappa shape index (κ1) is 12.8. The van der Waals surface area contributed by atoms with Crippen molar-refractivity contribution in [2.75, 3.05) is 0 Å². The van der Waals surface area contributed by atoms with E-state index < -0.39 is 5.97 Å². The minimum absolute atomic E-state index is 0.211. The Balaban J connectivity index is 1.97. The first-order valence-electron chi connectivity index (χ1n) is 5.58. The van der Waals surface area contributed by atoms with Crippen molar-refractivity contribution in [1.82, 2.24) is 10.3 Å². The Kier molecular flexibility index (Phi) is 3.61. The van der Waals surface area contributed by atoms with Gasteiger partial charge in [0.15, 0.2) is 12.1 Å². The minimum atomic E-state index is -0.978. The van der Waals surface area contributed by atoms with Gasteiger partial charge in [0.1, 0.15) is 5.76 Å². The lowest BCUT2D eigenvalue weighted by Crippen LogP contribution is -2.23. The molecule has 2 rings (SSSR count). The average Bonchev–Trinajstić information content (AvgIpc) is 2.83. The maximum absolute atomic E-state index is 11.7. The van der Waals surface area contributed by atoms with Gasteiger partial charge in [-0.05, 0) is 24.6 Å². The summed E-state index contributed by atoms with van der Waals surface area (Å²) in [6.45, 7) is 1.95. The summed E-state index contributed by atoms with van der Waals surface area (Å²) in [4.78, 5) is 26.2. The molecular weight excluding hydrogens is 248 g/mol. The molecule has 2 aromatic rings. The molecular formula is C13H12N2O4. The molecule has 6 nitrogen and oxygen atoms in total. The Morgan fingerprint density at radius 1 is 1.32 bits per heavy atom. The Labute approximate surface area is 109 Å². The molecule has 0 saturated heterocycles. The van der Waals surface area contributed by atoms with Crippen LogP contribution in [0.3, 0.4) is 0 Å². The smallest absolute Gasteiger partial charge is 0.335 e. The lowest BCUT2D eigenvalue weighted by Gasteiger charge is -2.04. The van der Waals surface area contributed by atoms with Gasteiger partial charge in [-0.25, -0.2) is 9.78 Å². The molecule has 0 spiro atoms. The van der Waals surface area contributed by atoms with E-state index in [1.807, 2.05) is 0 Å². The van der Waals surface area contributed by atoms with Crippen LogP contribution in [-0.2, 0) is 6.54 Å². The largest absolute Gasteiger partial charge is 0.478 e. The molecule has 1 heterocycles. The van der Waals surface area contributed by atoms with Crippen LogP contribution >= 0.6 is 0 Å². The van der Waals surface area contributed by atoms with Crippen molar-refractivity contribution in [3.63, 3.8) is 0 Å². The van der Waals surface area contributed by atoms with E-state index in [0.717, 1.165) is 5.56 Å². The minimum Gasteiger partial charge on any atom is -0.478 e. The number of hydrogen-bond donors (Lipinski definition) is 2. The fraction of sp³-hybridized carbons (Fsp3) is 0.154. The van der Waals surface area contributed by atoms with Gasteiger partial charge >= 0.3 is 5.97 Å². The van der Waals surface area contributed by atoms with Crippen LogP contribution in [0.15, 0.2) is 35.1 Å². The zero-order valence-electron chi connectivity index (χ0n) is 10.2. The van der Waals surface area contributed by atoms with Crippen molar-refractivity contribution < 1.29 is 19.1 Å². The van der Waals surface area contributed by atoms with Gasteiger partial charge in [-0.2, -0.15) is 0 Å². The van der Waals surface area contributed by atoms with Gasteiger partial charge in [0.05, 0.1) is 5.56 Å². The highest BCUT2D eigenvalue weighted by Gasteiger charge is 2.12. The van der Waals surface area contributed by atoms with E-state index in [1.165, 1.54) is 18.5 Å². The molecule has 0 bridgehead atoms. The first-order chi connectivity index (χ1) is 9.08. The third-order valence-corrected chi connectivity index (χ3v) is 2.61. The van der Waals surface area contributed by atoms with E-state index in [0.29, 0.717) is 12.3 Å². The molecule has 6 heteroatoms. The average molecular weight is 260 g/mol. The Morgan fingerprint density at radius 2 is 2.00 bits per heavy atom. The molecule has 0 unspecified atom stereocenters. The molecule has 1 amide bonds. The number of amides is 1. The van der Waals surface area contributed by atoms with Crippen LogP contribution in [0.2, 0.25) is 0 Å². The van der Waals surface area contributed by atoms with E-state index in [2.05, 4.69) is 10.3 Å². The van der Waals surface area contributed by atoms with Crippen LogP contribution in [0, 0.1) is 6.92 Å². The lowest BCUT2D eigenvalue weighted by atomic mass is 10.1. The highest BCUT2D eigenvalue weighted by molar-refractivity contribution is 5.93. The molecule has 1 aromatic carbocycles. The third-order valence-electron chi connectivity index (χ3n) is 2.61. The Morgan fingerprint density at radius 3 is 2.53 bits per heavy atom. The number of nitrogens with one attached hydrogen (secondary N) is 1. The maximum Gasteiger partial charge on any atom is 0.335 e. The third kappa shape index (κ3) is 2.98. The molecule has 0 radical (unpaired) electrons. The number of aromatic carboxylic acids is 1. The second-order valence-electron chi connectivity index (χ2n) is 3.94. The zero-order chi connectivity index (χ0) is 13.8. The van der Waals surface area contributed by atoms with E-state index in [1.54, 1.807) is 19.1 Å².